The Bertz CT molecular complexity index is 1340. The van der Waals surface area contributed by atoms with Gasteiger partial charge in [0.05, 0.1) is 27.5 Å². The first kappa shape index (κ1) is 22.2. The molecular weight excluding hydrogens is 451 g/mol. The van der Waals surface area contributed by atoms with E-state index in [9.17, 15) is 14.5 Å². The maximum Gasteiger partial charge on any atom is 0.311 e. The highest BCUT2D eigenvalue weighted by Crippen LogP contribution is 2.35. The number of aromatic nitrogens is 2. The van der Waals surface area contributed by atoms with Crippen molar-refractivity contribution in [3.63, 3.8) is 0 Å². The molecule has 1 heterocycles. The second-order valence-electron chi connectivity index (χ2n) is 6.94. The summed E-state index contributed by atoms with van der Waals surface area (Å²) >= 11 is 6.36. The number of nitrogens with one attached hydrogen (secondary N) is 1. The molecule has 0 fully saturated rings. The molecule has 0 atom stereocenters. The summed E-state index contributed by atoms with van der Waals surface area (Å²) in [5.74, 6) is 0.599. The first-order valence-corrected chi connectivity index (χ1v) is 10.3. The van der Waals surface area contributed by atoms with Crippen molar-refractivity contribution < 1.29 is 18.8 Å². The molecule has 4 rings (SSSR count). The van der Waals surface area contributed by atoms with Crippen LogP contribution < -0.4 is 14.8 Å². The quantitative estimate of drug-likeness (QED) is 0.248. The Morgan fingerprint density at radius 3 is 2.67 bits per heavy atom. The van der Waals surface area contributed by atoms with Crippen LogP contribution in [0.25, 0.3) is 10.9 Å². The van der Waals surface area contributed by atoms with Crippen LogP contribution in [0.15, 0.2) is 60.9 Å². The molecule has 1 aromatic heterocycles. The molecule has 0 aliphatic heterocycles. The SMILES string of the molecule is CCOc1cc2ncnc(Nc3ccc(OCc4cccc(F)c4)c(Cl)c3)c2cc1[N+](=O)[O-]. The topological polar surface area (TPSA) is 99.4 Å². The lowest BCUT2D eigenvalue weighted by molar-refractivity contribution is -0.385. The molecule has 4 aromatic rings. The minimum Gasteiger partial charge on any atom is -0.487 e. The molecule has 0 amide bonds. The molecule has 10 heteroatoms. The van der Waals surface area contributed by atoms with E-state index in [0.717, 1.165) is 0 Å². The van der Waals surface area contributed by atoms with Crippen LogP contribution in [0.2, 0.25) is 5.02 Å². The Morgan fingerprint density at radius 1 is 1.09 bits per heavy atom. The number of halogens is 2. The third-order valence-corrected chi connectivity index (χ3v) is 4.99. The van der Waals surface area contributed by atoms with Crippen molar-refractivity contribution in [3.8, 4) is 11.5 Å². The standard InChI is InChI=1S/C23H18ClFN4O4/c1-2-32-22-11-19-17(10-20(22)29(30)31)23(27-13-26-19)28-16-6-7-21(18(24)9-16)33-12-14-4-3-5-15(25)8-14/h3-11,13H,2,12H2,1H3,(H,26,27,28). The van der Waals surface area contributed by atoms with Gasteiger partial charge in [0.2, 0.25) is 0 Å². The summed E-state index contributed by atoms with van der Waals surface area (Å²) in [4.78, 5) is 19.4. The smallest absolute Gasteiger partial charge is 0.311 e. The van der Waals surface area contributed by atoms with E-state index in [-0.39, 0.29) is 30.5 Å². The van der Waals surface area contributed by atoms with Gasteiger partial charge in [-0.25, -0.2) is 14.4 Å². The van der Waals surface area contributed by atoms with E-state index < -0.39 is 4.92 Å². The van der Waals surface area contributed by atoms with E-state index in [2.05, 4.69) is 15.3 Å². The number of benzene rings is 3. The van der Waals surface area contributed by atoms with Gasteiger partial charge in [0.1, 0.15) is 30.3 Å². The molecule has 1 N–H and O–H groups in total. The number of nitro benzene ring substituents is 1. The minimum absolute atomic E-state index is 0.141. The van der Waals surface area contributed by atoms with Crippen LogP contribution >= 0.6 is 11.6 Å². The number of anilines is 2. The molecule has 0 bridgehead atoms. The van der Waals surface area contributed by atoms with E-state index in [0.29, 0.717) is 38.7 Å². The third kappa shape index (κ3) is 5.09. The van der Waals surface area contributed by atoms with Crippen LogP contribution in [0.3, 0.4) is 0 Å². The van der Waals surface area contributed by atoms with Gasteiger partial charge in [-0.15, -0.1) is 0 Å². The number of rotatable bonds is 8. The van der Waals surface area contributed by atoms with Crippen LogP contribution in [0.1, 0.15) is 12.5 Å². The number of nitro groups is 1. The van der Waals surface area contributed by atoms with Crippen molar-refractivity contribution in [1.29, 1.82) is 0 Å². The third-order valence-electron chi connectivity index (χ3n) is 4.69. The molecule has 0 aliphatic rings. The summed E-state index contributed by atoms with van der Waals surface area (Å²) in [6.45, 7) is 2.19. The van der Waals surface area contributed by atoms with Crippen LogP contribution in [0, 0.1) is 15.9 Å². The molecular formula is C23H18ClFN4O4. The van der Waals surface area contributed by atoms with Crippen molar-refractivity contribution in [2.75, 3.05) is 11.9 Å². The second-order valence-corrected chi connectivity index (χ2v) is 7.35. The summed E-state index contributed by atoms with van der Waals surface area (Å²) in [7, 11) is 0. The molecule has 0 unspecified atom stereocenters. The molecule has 8 nitrogen and oxygen atoms in total. The fourth-order valence-corrected chi connectivity index (χ4v) is 3.44. The van der Waals surface area contributed by atoms with Gasteiger partial charge in [0.25, 0.3) is 0 Å². The predicted octanol–water partition coefficient (Wildman–Crippen LogP) is 6.05. The molecule has 168 valence electrons. The summed E-state index contributed by atoms with van der Waals surface area (Å²) in [6.07, 6.45) is 1.35. The molecule has 33 heavy (non-hydrogen) atoms. The van der Waals surface area contributed by atoms with E-state index in [4.69, 9.17) is 21.1 Å². The van der Waals surface area contributed by atoms with Crippen LogP contribution in [0.4, 0.5) is 21.6 Å². The number of ether oxygens (including phenoxy) is 2. The predicted molar refractivity (Wildman–Crippen MR) is 123 cm³/mol. The molecule has 0 saturated carbocycles. The van der Waals surface area contributed by atoms with Crippen LogP contribution in [-0.2, 0) is 6.61 Å². The average Bonchev–Trinajstić information content (AvgIpc) is 2.78. The zero-order valence-corrected chi connectivity index (χ0v) is 18.2. The highest BCUT2D eigenvalue weighted by molar-refractivity contribution is 6.32. The summed E-state index contributed by atoms with van der Waals surface area (Å²) < 4.78 is 24.4. The number of hydrogen-bond donors (Lipinski definition) is 1. The number of hydrogen-bond acceptors (Lipinski definition) is 7. The van der Waals surface area contributed by atoms with Gasteiger partial charge in [-0.05, 0) is 42.8 Å². The van der Waals surface area contributed by atoms with Crippen molar-refractivity contribution in [1.82, 2.24) is 9.97 Å². The van der Waals surface area contributed by atoms with Crippen molar-refractivity contribution in [2.24, 2.45) is 0 Å². The molecule has 3 aromatic carbocycles. The van der Waals surface area contributed by atoms with Crippen LogP contribution in [0.5, 0.6) is 11.5 Å². The maximum absolute atomic E-state index is 13.3. The molecule has 0 aliphatic carbocycles. The Labute approximate surface area is 193 Å². The lowest BCUT2D eigenvalue weighted by atomic mass is 10.2. The monoisotopic (exact) mass is 468 g/mol. The summed E-state index contributed by atoms with van der Waals surface area (Å²) in [6, 6.07) is 14.0. The van der Waals surface area contributed by atoms with Gasteiger partial charge < -0.3 is 14.8 Å². The van der Waals surface area contributed by atoms with E-state index in [1.165, 1.54) is 30.6 Å². The van der Waals surface area contributed by atoms with Gasteiger partial charge in [0.15, 0.2) is 5.75 Å². The van der Waals surface area contributed by atoms with Gasteiger partial charge >= 0.3 is 5.69 Å². The van der Waals surface area contributed by atoms with Gasteiger partial charge in [0, 0.05) is 17.8 Å². The first-order valence-electron chi connectivity index (χ1n) is 9.94. The highest BCUT2D eigenvalue weighted by atomic mass is 35.5. The fraction of sp³-hybridized carbons (Fsp3) is 0.130. The van der Waals surface area contributed by atoms with Crippen molar-refractivity contribution in [3.05, 3.63) is 87.4 Å². The van der Waals surface area contributed by atoms with E-state index >= 15 is 0 Å². The van der Waals surface area contributed by atoms with Crippen molar-refractivity contribution in [2.45, 2.75) is 13.5 Å². The van der Waals surface area contributed by atoms with Crippen molar-refractivity contribution >= 4 is 39.7 Å². The maximum atomic E-state index is 13.3. The van der Waals surface area contributed by atoms with Crippen LogP contribution in [-0.4, -0.2) is 21.5 Å². The molecule has 0 saturated heterocycles. The Morgan fingerprint density at radius 2 is 1.94 bits per heavy atom. The van der Waals surface area contributed by atoms with E-state index in [1.807, 2.05) is 0 Å². The zero-order chi connectivity index (χ0) is 23.4. The number of fused-ring (bicyclic) bond motifs is 1. The Kier molecular flexibility index (Phi) is 6.50. The zero-order valence-electron chi connectivity index (χ0n) is 17.4. The molecule has 0 spiro atoms. The lowest BCUT2D eigenvalue weighted by Crippen LogP contribution is -2.01. The lowest BCUT2D eigenvalue weighted by Gasteiger charge is -2.12. The normalized spacial score (nSPS) is 10.8. The van der Waals surface area contributed by atoms with E-state index in [1.54, 1.807) is 37.3 Å². The fourth-order valence-electron chi connectivity index (χ4n) is 3.21. The Hall–Kier alpha value is -3.98. The van der Waals surface area contributed by atoms with Gasteiger partial charge in [-0.2, -0.15) is 0 Å². The van der Waals surface area contributed by atoms with Gasteiger partial charge in [-0.1, -0.05) is 23.7 Å². The average molecular weight is 469 g/mol. The summed E-state index contributed by atoms with van der Waals surface area (Å²) in [5, 5.41) is 15.4. The molecule has 0 radical (unpaired) electrons. The highest BCUT2D eigenvalue weighted by Gasteiger charge is 2.19. The largest absolute Gasteiger partial charge is 0.487 e. The summed E-state index contributed by atoms with van der Waals surface area (Å²) in [5.41, 5.74) is 1.58. The first-order chi connectivity index (χ1) is 15.9. The second kappa shape index (κ2) is 9.66. The Balaban J connectivity index is 1.58. The van der Waals surface area contributed by atoms with Gasteiger partial charge in [-0.3, -0.25) is 10.1 Å². The number of nitrogens with zero attached hydrogens (tertiary/aromatic N) is 3. The minimum atomic E-state index is -0.511.